The van der Waals surface area contributed by atoms with Crippen LogP contribution in [0.1, 0.15) is 109 Å². The molecule has 0 spiro atoms. The van der Waals surface area contributed by atoms with Crippen molar-refractivity contribution in [3.63, 3.8) is 0 Å². The summed E-state index contributed by atoms with van der Waals surface area (Å²) in [6.45, 7) is 4.86. The van der Waals surface area contributed by atoms with Crippen molar-refractivity contribution in [2.45, 2.75) is 103 Å². The lowest BCUT2D eigenvalue weighted by atomic mass is 9.70. The smallest absolute Gasteiger partial charge is 0.115 e. The molecule has 0 atom stereocenters. The lowest BCUT2D eigenvalue weighted by Gasteiger charge is -2.36. The third kappa shape index (κ3) is 6.54. The Morgan fingerprint density at radius 3 is 1.48 bits per heavy atom. The molecule has 0 aliphatic heterocycles. The van der Waals surface area contributed by atoms with Crippen molar-refractivity contribution < 1.29 is 5.11 Å². The number of hydrogen-bond donors (Lipinski definition) is 1. The summed E-state index contributed by atoms with van der Waals surface area (Å²) in [5.41, 5.74) is 1.40. The fraction of sp³-hybridized carbons (Fsp3) is 0.769. The Hall–Kier alpha value is -0.980. The molecular weight excluding hydrogens is 328 g/mol. The average molecular weight is 371 g/mol. The molecule has 1 N–H and O–H groups in total. The minimum Gasteiger partial charge on any atom is -0.508 e. The van der Waals surface area contributed by atoms with Crippen LogP contribution < -0.4 is 0 Å². The normalized spacial score (nSPS) is 32.4. The van der Waals surface area contributed by atoms with Gasteiger partial charge in [-0.05, 0) is 85.8 Å². The minimum absolute atomic E-state index is 0.375. The van der Waals surface area contributed by atoms with E-state index in [4.69, 9.17) is 5.11 Å². The second-order valence-corrected chi connectivity index (χ2v) is 9.97. The van der Waals surface area contributed by atoms with Crippen LogP contribution >= 0.6 is 0 Å². The summed E-state index contributed by atoms with van der Waals surface area (Å²) in [4.78, 5) is 0. The van der Waals surface area contributed by atoms with Crippen LogP contribution in [-0.2, 0) is 0 Å². The molecular formula is C26H42O. The number of phenols is 1. The maximum atomic E-state index is 9.16. The van der Waals surface area contributed by atoms with Crippen LogP contribution in [0, 0.1) is 23.7 Å². The highest BCUT2D eigenvalue weighted by Gasteiger charge is 2.28. The van der Waals surface area contributed by atoms with Crippen LogP contribution in [0.25, 0.3) is 0 Å². The zero-order chi connectivity index (χ0) is 19.1. The molecule has 1 nitrogen and oxygen atoms in total. The first-order valence-corrected chi connectivity index (χ1v) is 11.9. The summed E-state index contributed by atoms with van der Waals surface area (Å²) in [6.07, 6.45) is 19.0. The molecule has 0 radical (unpaired) electrons. The molecule has 1 heteroatoms. The van der Waals surface area contributed by atoms with Crippen molar-refractivity contribution in [2.75, 3.05) is 0 Å². The standard InChI is InChI=1S/C14H26.C12H16O/c1-11-3-7-13(8-4-11)14-9-5-12(2)6-10-14;13-12-8-6-11(7-9-12)10-4-2-1-3-5-10/h11-14H,3-10H2,1-2H3;6-10,13H,1-5H2. The zero-order valence-corrected chi connectivity index (χ0v) is 17.8. The van der Waals surface area contributed by atoms with Crippen molar-refractivity contribution in [3.8, 4) is 5.75 Å². The largest absolute Gasteiger partial charge is 0.508 e. The van der Waals surface area contributed by atoms with Gasteiger partial charge in [0.2, 0.25) is 0 Å². The molecule has 0 bridgehead atoms. The molecule has 1 aromatic rings. The lowest BCUT2D eigenvalue weighted by Crippen LogP contribution is -2.24. The van der Waals surface area contributed by atoms with Crippen LogP contribution in [0.2, 0.25) is 0 Å². The number of hydrogen-bond acceptors (Lipinski definition) is 1. The van der Waals surface area contributed by atoms with Crippen molar-refractivity contribution in [1.82, 2.24) is 0 Å². The van der Waals surface area contributed by atoms with E-state index in [0.717, 1.165) is 29.6 Å². The topological polar surface area (TPSA) is 20.2 Å². The first-order valence-electron chi connectivity index (χ1n) is 11.9. The van der Waals surface area contributed by atoms with E-state index in [9.17, 15) is 0 Å². The number of benzene rings is 1. The summed E-state index contributed by atoms with van der Waals surface area (Å²) in [5.74, 6) is 5.38. The van der Waals surface area contributed by atoms with Gasteiger partial charge in [-0.15, -0.1) is 0 Å². The van der Waals surface area contributed by atoms with Crippen LogP contribution in [0.5, 0.6) is 5.75 Å². The summed E-state index contributed by atoms with van der Waals surface area (Å²) in [6, 6.07) is 7.71. The molecule has 3 saturated carbocycles. The SMILES string of the molecule is CC1CCC(C2CCC(C)CC2)CC1.Oc1ccc(C2CCCCC2)cc1. The third-order valence-electron chi connectivity index (χ3n) is 7.76. The van der Waals surface area contributed by atoms with E-state index in [2.05, 4.69) is 26.0 Å². The van der Waals surface area contributed by atoms with Gasteiger partial charge in [0.05, 0.1) is 0 Å². The van der Waals surface area contributed by atoms with Gasteiger partial charge in [0.1, 0.15) is 5.75 Å². The van der Waals surface area contributed by atoms with Gasteiger partial charge in [-0.25, -0.2) is 0 Å². The molecule has 3 aliphatic rings. The summed E-state index contributed by atoms with van der Waals surface area (Å²) in [5, 5.41) is 9.16. The van der Waals surface area contributed by atoms with E-state index in [-0.39, 0.29) is 0 Å². The van der Waals surface area contributed by atoms with Gasteiger partial charge in [0.15, 0.2) is 0 Å². The average Bonchev–Trinajstić information content (AvgIpc) is 2.71. The Balaban J connectivity index is 0.000000156. The molecule has 152 valence electrons. The van der Waals surface area contributed by atoms with Gasteiger partial charge in [0.25, 0.3) is 0 Å². The van der Waals surface area contributed by atoms with E-state index in [1.54, 1.807) is 37.8 Å². The van der Waals surface area contributed by atoms with Crippen molar-refractivity contribution >= 4 is 0 Å². The van der Waals surface area contributed by atoms with Crippen molar-refractivity contribution in [1.29, 1.82) is 0 Å². The highest BCUT2D eigenvalue weighted by Crippen LogP contribution is 2.41. The maximum Gasteiger partial charge on any atom is 0.115 e. The molecule has 0 saturated heterocycles. The van der Waals surface area contributed by atoms with Crippen LogP contribution in [0.15, 0.2) is 24.3 Å². The maximum absolute atomic E-state index is 9.16. The predicted octanol–water partition coefficient (Wildman–Crippen LogP) is 8.08. The van der Waals surface area contributed by atoms with Gasteiger partial charge in [0, 0.05) is 0 Å². The first-order chi connectivity index (χ1) is 13.1. The van der Waals surface area contributed by atoms with Crippen molar-refractivity contribution in [2.24, 2.45) is 23.7 Å². The van der Waals surface area contributed by atoms with Gasteiger partial charge >= 0.3 is 0 Å². The Bertz CT molecular complexity index is 492. The van der Waals surface area contributed by atoms with Crippen LogP contribution in [0.3, 0.4) is 0 Å². The Labute approximate surface area is 168 Å². The highest BCUT2D eigenvalue weighted by atomic mass is 16.3. The molecule has 0 unspecified atom stereocenters. The number of rotatable bonds is 2. The highest BCUT2D eigenvalue weighted by molar-refractivity contribution is 5.28. The fourth-order valence-corrected chi connectivity index (χ4v) is 5.70. The summed E-state index contributed by atoms with van der Waals surface area (Å²) < 4.78 is 0. The van der Waals surface area contributed by atoms with Gasteiger partial charge in [-0.2, -0.15) is 0 Å². The van der Waals surface area contributed by atoms with Crippen LogP contribution in [0.4, 0.5) is 0 Å². The minimum atomic E-state index is 0.375. The molecule has 0 aromatic heterocycles. The molecule has 0 amide bonds. The lowest BCUT2D eigenvalue weighted by molar-refractivity contribution is 0.155. The first kappa shape index (κ1) is 20.7. The Morgan fingerprint density at radius 2 is 1.04 bits per heavy atom. The van der Waals surface area contributed by atoms with Crippen LogP contribution in [-0.4, -0.2) is 5.11 Å². The molecule has 1 aromatic carbocycles. The quantitative estimate of drug-likeness (QED) is 0.558. The van der Waals surface area contributed by atoms with Gasteiger partial charge in [-0.1, -0.05) is 70.9 Å². The molecule has 27 heavy (non-hydrogen) atoms. The molecule has 0 heterocycles. The molecule has 4 rings (SSSR count). The fourth-order valence-electron chi connectivity index (χ4n) is 5.70. The van der Waals surface area contributed by atoms with E-state index in [0.29, 0.717) is 5.75 Å². The van der Waals surface area contributed by atoms with E-state index >= 15 is 0 Å². The molecule has 3 fully saturated rings. The second kappa shape index (κ2) is 10.5. The predicted molar refractivity (Wildman–Crippen MR) is 116 cm³/mol. The van der Waals surface area contributed by atoms with E-state index < -0.39 is 0 Å². The molecule has 3 aliphatic carbocycles. The van der Waals surface area contributed by atoms with E-state index in [1.807, 2.05) is 0 Å². The van der Waals surface area contributed by atoms with Gasteiger partial charge < -0.3 is 5.11 Å². The number of phenolic OH excluding ortho intramolecular Hbond substituents is 1. The summed E-state index contributed by atoms with van der Waals surface area (Å²) in [7, 11) is 0. The Kier molecular flexibility index (Phi) is 8.09. The number of aromatic hydroxyl groups is 1. The Morgan fingerprint density at radius 1 is 0.593 bits per heavy atom. The third-order valence-corrected chi connectivity index (χ3v) is 7.76. The summed E-state index contributed by atoms with van der Waals surface area (Å²) >= 11 is 0. The zero-order valence-electron chi connectivity index (χ0n) is 17.8. The van der Waals surface area contributed by atoms with Gasteiger partial charge in [-0.3, -0.25) is 0 Å². The second-order valence-electron chi connectivity index (χ2n) is 9.97. The van der Waals surface area contributed by atoms with E-state index in [1.165, 1.54) is 63.4 Å². The monoisotopic (exact) mass is 370 g/mol. The van der Waals surface area contributed by atoms with Crippen molar-refractivity contribution in [3.05, 3.63) is 29.8 Å².